The molecule has 0 aliphatic carbocycles. The van der Waals surface area contributed by atoms with Gasteiger partial charge in [0.05, 0.1) is 12.8 Å². The standard InChI is InChI=1S/C16H16FNO3/c1-18(11-14-3-2-8-21-14)10-12-4-6-15(17)13(9-12)5-7-16(19)20/h2-9H,10-11H2,1H3,(H,19,20). The van der Waals surface area contributed by atoms with Crippen LogP contribution in [0.1, 0.15) is 16.9 Å². The maximum absolute atomic E-state index is 13.6. The predicted octanol–water partition coefficient (Wildman–Crippen LogP) is 3.15. The average Bonchev–Trinajstić information content (AvgIpc) is 2.92. The minimum absolute atomic E-state index is 0.265. The maximum atomic E-state index is 13.6. The van der Waals surface area contributed by atoms with E-state index >= 15 is 0 Å². The smallest absolute Gasteiger partial charge is 0.328 e. The second kappa shape index (κ2) is 6.85. The maximum Gasteiger partial charge on any atom is 0.328 e. The molecule has 0 spiro atoms. The van der Waals surface area contributed by atoms with Gasteiger partial charge in [-0.1, -0.05) is 6.07 Å². The van der Waals surface area contributed by atoms with Gasteiger partial charge < -0.3 is 9.52 Å². The van der Waals surface area contributed by atoms with Crippen LogP contribution in [0.15, 0.2) is 47.1 Å². The number of hydrogen-bond acceptors (Lipinski definition) is 3. The summed E-state index contributed by atoms with van der Waals surface area (Å²) in [6.07, 6.45) is 3.80. The third-order valence-electron chi connectivity index (χ3n) is 2.92. The molecule has 4 nitrogen and oxygen atoms in total. The highest BCUT2D eigenvalue weighted by Crippen LogP contribution is 2.15. The second-order valence-electron chi connectivity index (χ2n) is 4.78. The lowest BCUT2D eigenvalue weighted by Gasteiger charge is -2.15. The molecular weight excluding hydrogens is 273 g/mol. The van der Waals surface area contributed by atoms with Gasteiger partial charge in [-0.2, -0.15) is 0 Å². The molecule has 0 aliphatic rings. The molecule has 5 heteroatoms. The Balaban J connectivity index is 2.06. The Morgan fingerprint density at radius 3 is 2.86 bits per heavy atom. The van der Waals surface area contributed by atoms with Crippen molar-refractivity contribution >= 4 is 12.0 Å². The van der Waals surface area contributed by atoms with Crippen LogP contribution in [0.5, 0.6) is 0 Å². The Kier molecular flexibility index (Phi) is 4.90. The quantitative estimate of drug-likeness (QED) is 0.830. The number of nitrogens with zero attached hydrogens (tertiary/aromatic N) is 1. The Labute approximate surface area is 122 Å². The van der Waals surface area contributed by atoms with Crippen LogP contribution >= 0.6 is 0 Å². The number of carboxylic acid groups (broad SMARTS) is 1. The predicted molar refractivity (Wildman–Crippen MR) is 76.9 cm³/mol. The normalized spacial score (nSPS) is 11.4. The average molecular weight is 289 g/mol. The van der Waals surface area contributed by atoms with E-state index < -0.39 is 11.8 Å². The van der Waals surface area contributed by atoms with Gasteiger partial charge in [0.25, 0.3) is 0 Å². The van der Waals surface area contributed by atoms with Gasteiger partial charge in [0.2, 0.25) is 0 Å². The molecule has 21 heavy (non-hydrogen) atoms. The number of hydrogen-bond donors (Lipinski definition) is 1. The lowest BCUT2D eigenvalue weighted by molar-refractivity contribution is -0.131. The van der Waals surface area contributed by atoms with Crippen molar-refractivity contribution in [1.29, 1.82) is 0 Å². The van der Waals surface area contributed by atoms with Gasteiger partial charge >= 0.3 is 5.97 Å². The molecule has 0 saturated heterocycles. The molecule has 0 radical (unpaired) electrons. The zero-order chi connectivity index (χ0) is 15.2. The molecule has 0 bridgehead atoms. The van der Waals surface area contributed by atoms with Gasteiger partial charge in [0.15, 0.2) is 0 Å². The van der Waals surface area contributed by atoms with Crippen molar-refractivity contribution in [1.82, 2.24) is 4.90 Å². The van der Waals surface area contributed by atoms with Crippen LogP contribution in [0.2, 0.25) is 0 Å². The lowest BCUT2D eigenvalue weighted by Crippen LogP contribution is -2.16. The monoisotopic (exact) mass is 289 g/mol. The van der Waals surface area contributed by atoms with Crippen LogP contribution < -0.4 is 0 Å². The Morgan fingerprint density at radius 2 is 2.19 bits per heavy atom. The molecule has 1 heterocycles. The molecule has 2 rings (SSSR count). The van der Waals surface area contributed by atoms with Gasteiger partial charge in [-0.15, -0.1) is 0 Å². The molecule has 0 atom stereocenters. The van der Waals surface area contributed by atoms with E-state index in [2.05, 4.69) is 0 Å². The fourth-order valence-corrected chi connectivity index (χ4v) is 2.02. The minimum Gasteiger partial charge on any atom is -0.478 e. The van der Waals surface area contributed by atoms with Crippen molar-refractivity contribution in [3.05, 3.63) is 65.4 Å². The summed E-state index contributed by atoms with van der Waals surface area (Å²) in [7, 11) is 1.93. The van der Waals surface area contributed by atoms with E-state index in [0.29, 0.717) is 13.1 Å². The van der Waals surface area contributed by atoms with Gasteiger partial charge in [-0.3, -0.25) is 4.90 Å². The van der Waals surface area contributed by atoms with E-state index in [-0.39, 0.29) is 5.56 Å². The van der Waals surface area contributed by atoms with Crippen molar-refractivity contribution < 1.29 is 18.7 Å². The third-order valence-corrected chi connectivity index (χ3v) is 2.92. The minimum atomic E-state index is -1.10. The number of benzene rings is 1. The highest BCUT2D eigenvalue weighted by atomic mass is 19.1. The summed E-state index contributed by atoms with van der Waals surface area (Å²) in [5.41, 5.74) is 1.16. The van der Waals surface area contributed by atoms with E-state index in [9.17, 15) is 9.18 Å². The summed E-state index contributed by atoms with van der Waals surface area (Å²) in [5.74, 6) is -0.690. The molecule has 1 N–H and O–H groups in total. The molecule has 1 aromatic carbocycles. The molecule has 110 valence electrons. The summed E-state index contributed by atoms with van der Waals surface area (Å²) in [6.45, 7) is 1.25. The fourth-order valence-electron chi connectivity index (χ4n) is 2.02. The van der Waals surface area contributed by atoms with Crippen LogP contribution in [0, 0.1) is 5.82 Å². The van der Waals surface area contributed by atoms with E-state index in [0.717, 1.165) is 17.4 Å². The molecule has 0 saturated carbocycles. The van der Waals surface area contributed by atoms with E-state index in [1.54, 1.807) is 18.4 Å². The summed E-state index contributed by atoms with van der Waals surface area (Å²) >= 11 is 0. The van der Waals surface area contributed by atoms with Crippen molar-refractivity contribution in [2.45, 2.75) is 13.1 Å². The van der Waals surface area contributed by atoms with Gasteiger partial charge in [-0.05, 0) is 43.0 Å². The highest BCUT2D eigenvalue weighted by molar-refractivity contribution is 5.85. The first-order valence-electron chi connectivity index (χ1n) is 6.45. The van der Waals surface area contributed by atoms with E-state index in [1.165, 1.54) is 12.1 Å². The number of halogens is 1. The van der Waals surface area contributed by atoms with Crippen LogP contribution in [-0.4, -0.2) is 23.0 Å². The molecule has 0 fully saturated rings. The molecule has 1 aromatic heterocycles. The summed E-state index contributed by atoms with van der Waals surface area (Å²) in [5, 5.41) is 8.60. The highest BCUT2D eigenvalue weighted by Gasteiger charge is 2.06. The van der Waals surface area contributed by atoms with Crippen molar-refractivity contribution in [2.75, 3.05) is 7.05 Å². The fraction of sp³-hybridized carbons (Fsp3) is 0.188. The first-order valence-corrected chi connectivity index (χ1v) is 6.45. The Bertz CT molecular complexity index is 635. The largest absolute Gasteiger partial charge is 0.478 e. The molecule has 0 aliphatic heterocycles. The van der Waals surface area contributed by atoms with Gasteiger partial charge in [-0.25, -0.2) is 9.18 Å². The number of rotatable bonds is 6. The zero-order valence-corrected chi connectivity index (χ0v) is 11.6. The summed E-state index contributed by atoms with van der Waals surface area (Å²) in [4.78, 5) is 12.5. The number of furan rings is 1. The zero-order valence-electron chi connectivity index (χ0n) is 11.6. The Hall–Kier alpha value is -2.40. The first-order chi connectivity index (χ1) is 10.0. The Morgan fingerprint density at radius 1 is 1.38 bits per heavy atom. The number of aliphatic carboxylic acids is 1. The van der Waals surface area contributed by atoms with Gasteiger partial charge in [0.1, 0.15) is 11.6 Å². The van der Waals surface area contributed by atoms with Crippen molar-refractivity contribution in [2.24, 2.45) is 0 Å². The SMILES string of the molecule is CN(Cc1ccc(F)c(C=CC(=O)O)c1)Cc1ccco1. The van der Waals surface area contributed by atoms with Crippen LogP contribution in [0.4, 0.5) is 4.39 Å². The molecule has 0 amide bonds. The van der Waals surface area contributed by atoms with Gasteiger partial charge in [0, 0.05) is 18.2 Å². The van der Waals surface area contributed by atoms with Crippen molar-refractivity contribution in [3.8, 4) is 0 Å². The van der Waals surface area contributed by atoms with Crippen LogP contribution in [0.25, 0.3) is 6.08 Å². The lowest BCUT2D eigenvalue weighted by atomic mass is 10.1. The van der Waals surface area contributed by atoms with Crippen molar-refractivity contribution in [3.63, 3.8) is 0 Å². The molecule has 2 aromatic rings. The third kappa shape index (κ3) is 4.57. The topological polar surface area (TPSA) is 53.7 Å². The van der Waals surface area contributed by atoms with E-state index in [4.69, 9.17) is 9.52 Å². The second-order valence-corrected chi connectivity index (χ2v) is 4.78. The van der Waals surface area contributed by atoms with Crippen LogP contribution in [-0.2, 0) is 17.9 Å². The first kappa shape index (κ1) is 15.0. The molecular formula is C16H16FNO3. The van der Waals surface area contributed by atoms with E-state index in [1.807, 2.05) is 24.1 Å². The molecule has 0 unspecified atom stereocenters. The summed E-state index contributed by atoms with van der Waals surface area (Å²) in [6, 6.07) is 8.40. The van der Waals surface area contributed by atoms with Crippen LogP contribution in [0.3, 0.4) is 0 Å². The summed E-state index contributed by atoms with van der Waals surface area (Å²) < 4.78 is 18.9. The number of carbonyl (C=O) groups is 1. The number of carboxylic acids is 1.